The van der Waals surface area contributed by atoms with Crippen molar-refractivity contribution in [3.63, 3.8) is 0 Å². The monoisotopic (exact) mass is 407 g/mol. The van der Waals surface area contributed by atoms with E-state index >= 15 is 0 Å². The SMILES string of the molecule is CC(C)C(=O)OC[C@H]1O[C@@H](N2C=CC(n3cncn3)NC2=O)[C@@H]2OC(C)(C)O[C@@H]21. The first kappa shape index (κ1) is 19.8. The molecule has 0 saturated carbocycles. The number of carbonyl (C=O) groups is 2. The number of carbonyl (C=O) groups excluding carboxylic acids is 2. The Morgan fingerprint density at radius 3 is 2.76 bits per heavy atom. The van der Waals surface area contributed by atoms with E-state index in [9.17, 15) is 9.59 Å². The number of rotatable bonds is 5. The summed E-state index contributed by atoms with van der Waals surface area (Å²) in [7, 11) is 0. The maximum absolute atomic E-state index is 12.7. The lowest BCUT2D eigenvalue weighted by atomic mass is 10.1. The van der Waals surface area contributed by atoms with Crippen molar-refractivity contribution in [3.8, 4) is 0 Å². The Bertz CT molecular complexity index is 795. The molecular weight excluding hydrogens is 382 g/mol. The van der Waals surface area contributed by atoms with Crippen LogP contribution in [0, 0.1) is 5.92 Å². The Hall–Kier alpha value is -2.50. The molecule has 1 aromatic rings. The Balaban J connectivity index is 1.50. The van der Waals surface area contributed by atoms with Crippen LogP contribution >= 0.6 is 0 Å². The van der Waals surface area contributed by atoms with E-state index in [0.717, 1.165) is 0 Å². The molecule has 11 heteroatoms. The number of aromatic nitrogens is 3. The zero-order chi connectivity index (χ0) is 20.8. The van der Waals surface area contributed by atoms with Crippen LogP contribution in [0.15, 0.2) is 24.9 Å². The summed E-state index contributed by atoms with van der Waals surface area (Å²) in [6, 6.07) is -0.370. The van der Waals surface area contributed by atoms with Crippen molar-refractivity contribution < 1.29 is 28.5 Å². The van der Waals surface area contributed by atoms with Gasteiger partial charge >= 0.3 is 12.0 Å². The summed E-state index contributed by atoms with van der Waals surface area (Å²) in [5, 5.41) is 6.86. The molecular formula is C18H25N5O6. The molecule has 3 aliphatic heterocycles. The summed E-state index contributed by atoms with van der Waals surface area (Å²) in [5.74, 6) is -1.40. The third-order valence-electron chi connectivity index (χ3n) is 4.92. The lowest BCUT2D eigenvalue weighted by Gasteiger charge is -2.33. The zero-order valence-corrected chi connectivity index (χ0v) is 16.7. The van der Waals surface area contributed by atoms with Crippen LogP contribution in [-0.4, -0.2) is 68.6 Å². The average molecular weight is 407 g/mol. The predicted octanol–water partition coefficient (Wildman–Crippen LogP) is 0.760. The van der Waals surface area contributed by atoms with Gasteiger partial charge in [-0.3, -0.25) is 9.69 Å². The number of nitrogens with zero attached hydrogens (tertiary/aromatic N) is 4. The third-order valence-corrected chi connectivity index (χ3v) is 4.92. The highest BCUT2D eigenvalue weighted by Crippen LogP contribution is 2.40. The maximum Gasteiger partial charge on any atom is 0.325 e. The van der Waals surface area contributed by atoms with Gasteiger partial charge in [0.15, 0.2) is 12.0 Å². The molecule has 2 amide bonds. The van der Waals surface area contributed by atoms with Crippen molar-refractivity contribution in [1.82, 2.24) is 25.0 Å². The third kappa shape index (κ3) is 3.85. The van der Waals surface area contributed by atoms with Crippen LogP contribution in [0.5, 0.6) is 0 Å². The topological polar surface area (TPSA) is 117 Å². The van der Waals surface area contributed by atoms with E-state index in [4.69, 9.17) is 18.9 Å². The molecule has 0 spiro atoms. The van der Waals surface area contributed by atoms with Gasteiger partial charge in [0.1, 0.15) is 43.7 Å². The first-order chi connectivity index (χ1) is 13.7. The molecule has 4 rings (SSSR count). The highest BCUT2D eigenvalue weighted by atomic mass is 16.8. The molecule has 0 aromatic carbocycles. The normalized spacial score (nSPS) is 33.1. The molecule has 1 N–H and O–H groups in total. The number of fused-ring (bicyclic) bond motifs is 1. The molecule has 0 radical (unpaired) electrons. The van der Waals surface area contributed by atoms with Gasteiger partial charge in [0, 0.05) is 6.20 Å². The van der Waals surface area contributed by atoms with Crippen LogP contribution in [0.25, 0.3) is 0 Å². The molecule has 2 fully saturated rings. The molecule has 11 nitrogen and oxygen atoms in total. The lowest BCUT2D eigenvalue weighted by molar-refractivity contribution is -0.204. The van der Waals surface area contributed by atoms with Gasteiger partial charge in [-0.2, -0.15) is 5.10 Å². The van der Waals surface area contributed by atoms with E-state index in [-0.39, 0.29) is 24.5 Å². The van der Waals surface area contributed by atoms with Gasteiger partial charge in [0.05, 0.1) is 5.92 Å². The summed E-state index contributed by atoms with van der Waals surface area (Å²) in [6.07, 6.45) is 3.59. The van der Waals surface area contributed by atoms with Crippen LogP contribution < -0.4 is 5.32 Å². The van der Waals surface area contributed by atoms with Gasteiger partial charge in [-0.1, -0.05) is 13.8 Å². The standard InChI is InChI=1S/C18H25N5O6/c1-10(2)16(24)26-7-11-13-14(29-18(3,4)28-13)15(27-11)22-6-5-12(21-17(22)25)23-9-19-8-20-23/h5-6,8-15H,7H2,1-4H3,(H,21,25)/t11-,12?,13-,14-,15-/m1/s1. The van der Waals surface area contributed by atoms with Crippen molar-refractivity contribution in [1.29, 1.82) is 0 Å². The van der Waals surface area contributed by atoms with E-state index in [2.05, 4.69) is 15.4 Å². The van der Waals surface area contributed by atoms with E-state index < -0.39 is 36.5 Å². The van der Waals surface area contributed by atoms with Crippen LogP contribution in [-0.2, 0) is 23.7 Å². The number of hydrogen-bond donors (Lipinski definition) is 1. The maximum atomic E-state index is 12.7. The molecule has 2 saturated heterocycles. The smallest absolute Gasteiger partial charge is 0.325 e. The fraction of sp³-hybridized carbons (Fsp3) is 0.667. The summed E-state index contributed by atoms with van der Waals surface area (Å²) >= 11 is 0. The summed E-state index contributed by atoms with van der Waals surface area (Å²) in [4.78, 5) is 29.9. The summed E-state index contributed by atoms with van der Waals surface area (Å²) < 4.78 is 24.9. The van der Waals surface area contributed by atoms with E-state index in [1.165, 1.54) is 22.2 Å². The first-order valence-corrected chi connectivity index (χ1v) is 9.54. The summed E-state index contributed by atoms with van der Waals surface area (Å²) in [5.41, 5.74) is 0. The number of esters is 1. The predicted molar refractivity (Wildman–Crippen MR) is 96.9 cm³/mol. The second-order valence-corrected chi connectivity index (χ2v) is 7.93. The number of amides is 2. The quantitative estimate of drug-likeness (QED) is 0.711. The average Bonchev–Trinajstić information content (AvgIpc) is 3.35. The molecule has 1 aromatic heterocycles. The van der Waals surface area contributed by atoms with E-state index in [1.807, 2.05) is 0 Å². The van der Waals surface area contributed by atoms with Gasteiger partial charge in [0.2, 0.25) is 0 Å². The van der Waals surface area contributed by atoms with Crippen molar-refractivity contribution in [2.45, 2.75) is 64.2 Å². The molecule has 29 heavy (non-hydrogen) atoms. The minimum Gasteiger partial charge on any atom is -0.463 e. The van der Waals surface area contributed by atoms with Gasteiger partial charge in [0.25, 0.3) is 0 Å². The molecule has 0 bridgehead atoms. The fourth-order valence-electron chi connectivity index (χ4n) is 3.55. The lowest BCUT2D eigenvalue weighted by Crippen LogP contribution is -2.52. The Kier molecular flexibility index (Phi) is 5.05. The van der Waals surface area contributed by atoms with E-state index in [1.54, 1.807) is 40.0 Å². The van der Waals surface area contributed by atoms with Crippen LogP contribution in [0.2, 0.25) is 0 Å². The van der Waals surface area contributed by atoms with Gasteiger partial charge in [-0.25, -0.2) is 14.5 Å². The minimum atomic E-state index is -0.836. The van der Waals surface area contributed by atoms with Crippen molar-refractivity contribution in [2.24, 2.45) is 5.92 Å². The largest absolute Gasteiger partial charge is 0.463 e. The number of hydrogen-bond acceptors (Lipinski definition) is 8. The zero-order valence-electron chi connectivity index (χ0n) is 16.7. The molecule has 1 unspecified atom stereocenters. The van der Waals surface area contributed by atoms with Crippen LogP contribution in [0.1, 0.15) is 33.9 Å². The highest BCUT2D eigenvalue weighted by Gasteiger charge is 2.58. The molecule has 0 aliphatic carbocycles. The highest BCUT2D eigenvalue weighted by molar-refractivity contribution is 5.77. The fourth-order valence-corrected chi connectivity index (χ4v) is 3.55. The van der Waals surface area contributed by atoms with E-state index in [0.29, 0.717) is 0 Å². The number of nitrogens with one attached hydrogen (secondary N) is 1. The van der Waals surface area contributed by atoms with Crippen molar-refractivity contribution in [2.75, 3.05) is 6.61 Å². The Morgan fingerprint density at radius 2 is 2.10 bits per heavy atom. The van der Waals surface area contributed by atoms with Crippen LogP contribution in [0.4, 0.5) is 4.79 Å². The minimum absolute atomic E-state index is 0.0227. The second kappa shape index (κ2) is 7.39. The molecule has 158 valence electrons. The van der Waals surface area contributed by atoms with Crippen molar-refractivity contribution in [3.05, 3.63) is 24.9 Å². The van der Waals surface area contributed by atoms with Crippen LogP contribution in [0.3, 0.4) is 0 Å². The molecule has 3 aliphatic rings. The number of urea groups is 1. The first-order valence-electron chi connectivity index (χ1n) is 9.54. The Morgan fingerprint density at radius 1 is 1.34 bits per heavy atom. The van der Waals surface area contributed by atoms with Crippen molar-refractivity contribution >= 4 is 12.0 Å². The second-order valence-electron chi connectivity index (χ2n) is 7.93. The summed E-state index contributed by atoms with van der Waals surface area (Å²) in [6.45, 7) is 7.14. The molecule has 4 heterocycles. The van der Waals surface area contributed by atoms with Gasteiger partial charge in [-0.05, 0) is 19.9 Å². The molecule has 5 atom stereocenters. The van der Waals surface area contributed by atoms with Gasteiger partial charge < -0.3 is 24.3 Å². The Labute approximate surface area is 167 Å². The number of ether oxygens (including phenoxy) is 4. The van der Waals surface area contributed by atoms with Gasteiger partial charge in [-0.15, -0.1) is 0 Å².